The highest BCUT2D eigenvalue weighted by molar-refractivity contribution is 6.24. The van der Waals surface area contributed by atoms with Crippen molar-refractivity contribution >= 4 is 23.3 Å². The van der Waals surface area contributed by atoms with Crippen LogP contribution in [0.5, 0.6) is 17.2 Å². The smallest absolute Gasteiger partial charge is 0.254 e. The summed E-state index contributed by atoms with van der Waals surface area (Å²) in [6.07, 6.45) is 1.53. The quantitative estimate of drug-likeness (QED) is 0.239. The van der Waals surface area contributed by atoms with Crippen molar-refractivity contribution in [2.45, 2.75) is 13.0 Å². The maximum absolute atomic E-state index is 13.7. The van der Waals surface area contributed by atoms with E-state index >= 15 is 0 Å². The second-order valence-electron chi connectivity index (χ2n) is 8.62. The average molecular weight is 502 g/mol. The summed E-state index contributed by atoms with van der Waals surface area (Å²) < 4.78 is 22.8. The van der Waals surface area contributed by atoms with Crippen LogP contribution < -0.4 is 14.2 Å². The van der Waals surface area contributed by atoms with Crippen LogP contribution in [-0.4, -0.2) is 63.2 Å². The van der Waals surface area contributed by atoms with Crippen LogP contribution in [0.25, 0.3) is 11.6 Å². The van der Waals surface area contributed by atoms with Crippen molar-refractivity contribution in [3.63, 3.8) is 0 Å². The molecule has 4 rings (SSSR count). The highest BCUT2D eigenvalue weighted by atomic mass is 16.6. The lowest BCUT2D eigenvalue weighted by Gasteiger charge is -2.33. The highest BCUT2D eigenvalue weighted by Gasteiger charge is 2.28. The molecule has 0 N–H and O–H groups in total. The van der Waals surface area contributed by atoms with Gasteiger partial charge in [0.1, 0.15) is 12.7 Å². The topological polar surface area (TPSA) is 74.3 Å². The van der Waals surface area contributed by atoms with Gasteiger partial charge in [-0.15, -0.1) is 0 Å². The van der Waals surface area contributed by atoms with Crippen molar-refractivity contribution in [3.8, 4) is 17.2 Å². The van der Waals surface area contributed by atoms with E-state index in [1.165, 1.54) is 21.1 Å². The number of nitrogens with zero attached hydrogens (tertiary/aromatic N) is 1. The number of rotatable bonds is 9. The van der Waals surface area contributed by atoms with Gasteiger partial charge < -0.3 is 23.8 Å². The highest BCUT2D eigenvalue weighted by Crippen LogP contribution is 2.40. The van der Waals surface area contributed by atoms with Gasteiger partial charge in [0.05, 0.1) is 32.9 Å². The van der Waals surface area contributed by atoms with Gasteiger partial charge in [0.2, 0.25) is 5.75 Å². The Hall–Kier alpha value is -4.10. The number of hydrogen-bond acceptors (Lipinski definition) is 6. The van der Waals surface area contributed by atoms with E-state index in [2.05, 4.69) is 0 Å². The van der Waals surface area contributed by atoms with Gasteiger partial charge in [-0.1, -0.05) is 60.7 Å². The molecule has 1 aliphatic rings. The van der Waals surface area contributed by atoms with Crippen LogP contribution in [0.4, 0.5) is 0 Å². The number of carbonyl (C=O) groups excluding carboxylic acids is 2. The van der Waals surface area contributed by atoms with E-state index in [1.54, 1.807) is 17.0 Å². The Kier molecular flexibility index (Phi) is 8.59. The number of benzene rings is 3. The molecule has 1 atom stereocenters. The summed E-state index contributed by atoms with van der Waals surface area (Å²) >= 11 is 0. The fourth-order valence-electron chi connectivity index (χ4n) is 4.27. The van der Waals surface area contributed by atoms with Crippen molar-refractivity contribution in [1.29, 1.82) is 0 Å². The molecule has 192 valence electrons. The van der Waals surface area contributed by atoms with Crippen LogP contribution >= 0.6 is 0 Å². The van der Waals surface area contributed by atoms with Gasteiger partial charge in [-0.05, 0) is 36.3 Å². The zero-order valence-corrected chi connectivity index (χ0v) is 21.3. The summed E-state index contributed by atoms with van der Waals surface area (Å²) in [5.74, 6) is 0.872. The standard InChI is InChI=1S/C30H31NO6/c1-21(32)25-14-15-27(34-2)29(35-3)28(25)37-20-24-19-31(16-17-36-24)30(33)26(23-12-8-5-9-13-23)18-22-10-6-4-7-11-22/h4-15,18,24H,16-17,19-20H2,1-3H3/b26-18+. The molecule has 0 spiro atoms. The SMILES string of the molecule is COc1ccc(C(C)=O)c(OCC2CN(C(=O)/C(=C/c3ccccc3)c3ccccc3)CCO2)c1OC. The summed E-state index contributed by atoms with van der Waals surface area (Å²) in [6.45, 7) is 2.80. The second kappa shape index (κ2) is 12.2. The van der Waals surface area contributed by atoms with Crippen LogP contribution in [-0.2, 0) is 9.53 Å². The number of Topliss-reactive ketones (excluding diaryl/α,β-unsaturated/α-hetero) is 1. The predicted octanol–water partition coefficient (Wildman–Crippen LogP) is 4.75. The van der Waals surface area contributed by atoms with E-state index in [-0.39, 0.29) is 24.4 Å². The molecule has 0 bridgehead atoms. The third-order valence-corrected chi connectivity index (χ3v) is 6.14. The number of morpholine rings is 1. The molecule has 0 aliphatic carbocycles. The molecular formula is C30H31NO6. The van der Waals surface area contributed by atoms with E-state index < -0.39 is 0 Å². The van der Waals surface area contributed by atoms with Crippen molar-refractivity contribution in [1.82, 2.24) is 4.90 Å². The normalized spacial score (nSPS) is 15.7. The van der Waals surface area contributed by atoms with Crippen molar-refractivity contribution in [2.75, 3.05) is 40.5 Å². The lowest BCUT2D eigenvalue weighted by atomic mass is 10.0. The molecule has 0 saturated carbocycles. The average Bonchev–Trinajstić information content (AvgIpc) is 2.94. The number of carbonyl (C=O) groups is 2. The summed E-state index contributed by atoms with van der Waals surface area (Å²) in [5.41, 5.74) is 2.80. The largest absolute Gasteiger partial charge is 0.493 e. The Labute approximate surface area is 217 Å². The third-order valence-electron chi connectivity index (χ3n) is 6.14. The van der Waals surface area contributed by atoms with Crippen molar-refractivity contribution in [2.24, 2.45) is 0 Å². The zero-order chi connectivity index (χ0) is 26.2. The molecule has 1 fully saturated rings. The zero-order valence-electron chi connectivity index (χ0n) is 21.3. The van der Waals surface area contributed by atoms with E-state index in [9.17, 15) is 9.59 Å². The molecule has 0 radical (unpaired) electrons. The van der Waals surface area contributed by atoms with Gasteiger partial charge in [0.15, 0.2) is 17.3 Å². The lowest BCUT2D eigenvalue weighted by Crippen LogP contribution is -2.47. The Bertz CT molecular complexity index is 1260. The molecular weight excluding hydrogens is 470 g/mol. The van der Waals surface area contributed by atoms with Crippen molar-refractivity contribution < 1.29 is 28.5 Å². The Morgan fingerprint density at radius 2 is 1.65 bits per heavy atom. The first-order valence-electron chi connectivity index (χ1n) is 12.1. The molecule has 7 nitrogen and oxygen atoms in total. The second-order valence-corrected chi connectivity index (χ2v) is 8.62. The third kappa shape index (κ3) is 6.19. The van der Waals surface area contributed by atoms with E-state index in [4.69, 9.17) is 18.9 Å². The summed E-state index contributed by atoms with van der Waals surface area (Å²) in [5, 5.41) is 0. The Morgan fingerprint density at radius 3 is 2.30 bits per heavy atom. The molecule has 1 amide bonds. The van der Waals surface area contributed by atoms with Gasteiger partial charge in [0, 0.05) is 12.1 Å². The number of amides is 1. The minimum Gasteiger partial charge on any atom is -0.493 e. The van der Waals surface area contributed by atoms with Crippen LogP contribution in [0.3, 0.4) is 0 Å². The molecule has 1 unspecified atom stereocenters. The Morgan fingerprint density at radius 1 is 0.946 bits per heavy atom. The molecule has 7 heteroatoms. The first kappa shape index (κ1) is 26.0. The van der Waals surface area contributed by atoms with Gasteiger partial charge in [0.25, 0.3) is 5.91 Å². The lowest BCUT2D eigenvalue weighted by molar-refractivity contribution is -0.133. The maximum atomic E-state index is 13.7. The first-order chi connectivity index (χ1) is 18.0. The van der Waals surface area contributed by atoms with Crippen molar-refractivity contribution in [3.05, 3.63) is 89.5 Å². The summed E-state index contributed by atoms with van der Waals surface area (Å²) in [6, 6.07) is 22.8. The molecule has 1 aliphatic heterocycles. The Balaban J connectivity index is 1.54. The minimum atomic E-state index is -0.387. The molecule has 1 saturated heterocycles. The van der Waals surface area contributed by atoms with Crippen LogP contribution in [0.15, 0.2) is 72.8 Å². The summed E-state index contributed by atoms with van der Waals surface area (Å²) in [4.78, 5) is 27.7. The molecule has 1 heterocycles. The monoisotopic (exact) mass is 501 g/mol. The first-order valence-corrected chi connectivity index (χ1v) is 12.1. The fourth-order valence-corrected chi connectivity index (χ4v) is 4.27. The van der Waals surface area contributed by atoms with Crippen LogP contribution in [0, 0.1) is 0 Å². The van der Waals surface area contributed by atoms with Crippen LogP contribution in [0.1, 0.15) is 28.4 Å². The molecule has 3 aromatic rings. The summed E-state index contributed by atoms with van der Waals surface area (Å²) in [7, 11) is 3.02. The molecule has 37 heavy (non-hydrogen) atoms. The van der Waals surface area contributed by atoms with Gasteiger partial charge in [-0.3, -0.25) is 9.59 Å². The van der Waals surface area contributed by atoms with E-state index in [0.717, 1.165) is 11.1 Å². The molecule has 3 aromatic carbocycles. The predicted molar refractivity (Wildman–Crippen MR) is 142 cm³/mol. The number of ether oxygens (including phenoxy) is 4. The van der Waals surface area contributed by atoms with Crippen LogP contribution in [0.2, 0.25) is 0 Å². The van der Waals surface area contributed by atoms with Gasteiger partial charge in [-0.25, -0.2) is 0 Å². The van der Waals surface area contributed by atoms with E-state index in [0.29, 0.717) is 48.1 Å². The van der Waals surface area contributed by atoms with E-state index in [1.807, 2.05) is 66.7 Å². The number of methoxy groups -OCH3 is 2. The van der Waals surface area contributed by atoms with Gasteiger partial charge >= 0.3 is 0 Å². The molecule has 0 aromatic heterocycles. The minimum absolute atomic E-state index is 0.0771. The number of hydrogen-bond donors (Lipinski definition) is 0. The number of ketones is 1. The van der Waals surface area contributed by atoms with Gasteiger partial charge in [-0.2, -0.15) is 0 Å². The maximum Gasteiger partial charge on any atom is 0.254 e. The fraction of sp³-hybridized carbons (Fsp3) is 0.267.